The van der Waals surface area contributed by atoms with Crippen molar-refractivity contribution in [1.82, 2.24) is 0 Å². The normalized spacial score (nSPS) is 10.7. The zero-order valence-corrected chi connectivity index (χ0v) is 13.4. The van der Waals surface area contributed by atoms with E-state index in [9.17, 15) is 0 Å². The molecule has 2 rings (SSSR count). The highest BCUT2D eigenvalue weighted by Crippen LogP contribution is 2.18. The zero-order chi connectivity index (χ0) is 13.7. The van der Waals surface area contributed by atoms with Gasteiger partial charge in [-0.1, -0.05) is 43.3 Å². The van der Waals surface area contributed by atoms with E-state index in [2.05, 4.69) is 72.0 Å². The monoisotopic (exact) mass is 366 g/mol. The Bertz CT molecular complexity index is 531. The minimum absolute atomic E-state index is 0.216. The molecule has 100 valence electrons. The molecule has 0 fully saturated rings. The predicted molar refractivity (Wildman–Crippen MR) is 88.6 cm³/mol. The van der Waals surface area contributed by atoms with Crippen LogP contribution >= 0.6 is 22.6 Å². The summed E-state index contributed by atoms with van der Waals surface area (Å²) in [6, 6.07) is 15.4. The number of rotatable bonds is 5. The third kappa shape index (κ3) is 4.05. The lowest BCUT2D eigenvalue weighted by Crippen LogP contribution is -1.96. The lowest BCUT2D eigenvalue weighted by Gasteiger charge is -2.07. The van der Waals surface area contributed by atoms with Crippen LogP contribution in [0.2, 0.25) is 0 Å². The summed E-state index contributed by atoms with van der Waals surface area (Å²) in [5.41, 5.74) is 5.29. The molecule has 2 aromatic carbocycles. The standard InChI is InChI=1S/C17H19IO/c1-2-13-3-5-14(6-4-13)11-15-7-8-16(9-10-19)17(18)12-15/h3-8,12,19H,2,9-11H2,1H3. The zero-order valence-electron chi connectivity index (χ0n) is 11.2. The lowest BCUT2D eigenvalue weighted by molar-refractivity contribution is 0.299. The van der Waals surface area contributed by atoms with E-state index in [0.29, 0.717) is 0 Å². The minimum Gasteiger partial charge on any atom is -0.396 e. The molecule has 1 nitrogen and oxygen atoms in total. The van der Waals surface area contributed by atoms with Gasteiger partial charge >= 0.3 is 0 Å². The van der Waals surface area contributed by atoms with Crippen LogP contribution in [0.4, 0.5) is 0 Å². The molecular weight excluding hydrogens is 347 g/mol. The third-order valence-electron chi connectivity index (χ3n) is 3.34. The van der Waals surface area contributed by atoms with Crippen molar-refractivity contribution in [1.29, 1.82) is 0 Å². The van der Waals surface area contributed by atoms with E-state index in [0.717, 1.165) is 19.3 Å². The van der Waals surface area contributed by atoms with Gasteiger partial charge in [-0.25, -0.2) is 0 Å². The van der Waals surface area contributed by atoms with Gasteiger partial charge in [-0.2, -0.15) is 0 Å². The summed E-state index contributed by atoms with van der Waals surface area (Å²) in [4.78, 5) is 0. The van der Waals surface area contributed by atoms with Crippen molar-refractivity contribution in [2.45, 2.75) is 26.2 Å². The number of hydrogen-bond acceptors (Lipinski definition) is 1. The Morgan fingerprint density at radius 1 is 0.947 bits per heavy atom. The lowest BCUT2D eigenvalue weighted by atomic mass is 10.0. The Hall–Kier alpha value is -0.870. The van der Waals surface area contributed by atoms with E-state index in [1.54, 1.807) is 0 Å². The molecule has 0 aliphatic carbocycles. The first-order valence-electron chi connectivity index (χ1n) is 6.69. The summed E-state index contributed by atoms with van der Waals surface area (Å²) in [7, 11) is 0. The fraction of sp³-hybridized carbons (Fsp3) is 0.294. The van der Waals surface area contributed by atoms with Gasteiger partial charge in [-0.15, -0.1) is 0 Å². The minimum atomic E-state index is 0.216. The Balaban J connectivity index is 2.11. The summed E-state index contributed by atoms with van der Waals surface area (Å²) in [6.45, 7) is 2.39. The second kappa shape index (κ2) is 7.06. The molecule has 0 saturated carbocycles. The highest BCUT2D eigenvalue weighted by Gasteiger charge is 2.02. The summed E-state index contributed by atoms with van der Waals surface area (Å²) >= 11 is 2.35. The predicted octanol–water partition coefficient (Wildman–Crippen LogP) is 3.98. The van der Waals surface area contributed by atoms with Crippen molar-refractivity contribution in [2.75, 3.05) is 6.61 Å². The average molecular weight is 366 g/mol. The van der Waals surface area contributed by atoms with Gasteiger partial charge in [0.2, 0.25) is 0 Å². The molecule has 0 saturated heterocycles. The van der Waals surface area contributed by atoms with Crippen molar-refractivity contribution in [3.8, 4) is 0 Å². The van der Waals surface area contributed by atoms with Crippen molar-refractivity contribution in [3.63, 3.8) is 0 Å². The number of benzene rings is 2. The molecule has 0 atom stereocenters. The molecule has 0 aliphatic rings. The van der Waals surface area contributed by atoms with Crippen LogP contribution in [-0.4, -0.2) is 11.7 Å². The third-order valence-corrected chi connectivity index (χ3v) is 4.34. The van der Waals surface area contributed by atoms with E-state index in [1.807, 2.05) is 0 Å². The number of aliphatic hydroxyl groups excluding tert-OH is 1. The van der Waals surface area contributed by atoms with Crippen molar-refractivity contribution < 1.29 is 5.11 Å². The second-order valence-electron chi connectivity index (χ2n) is 4.75. The Labute approximate surface area is 128 Å². The summed E-state index contributed by atoms with van der Waals surface area (Å²) < 4.78 is 1.24. The molecule has 2 aromatic rings. The van der Waals surface area contributed by atoms with E-state index in [-0.39, 0.29) is 6.61 Å². The van der Waals surface area contributed by atoms with Crippen LogP contribution in [0.25, 0.3) is 0 Å². The molecule has 0 heterocycles. The van der Waals surface area contributed by atoms with Gasteiger partial charge in [0.15, 0.2) is 0 Å². The van der Waals surface area contributed by atoms with Crippen LogP contribution < -0.4 is 0 Å². The Kier molecular flexibility index (Phi) is 5.40. The maximum absolute atomic E-state index is 8.99. The highest BCUT2D eigenvalue weighted by atomic mass is 127. The van der Waals surface area contributed by atoms with E-state index < -0.39 is 0 Å². The van der Waals surface area contributed by atoms with Gasteiger partial charge < -0.3 is 5.11 Å². The Morgan fingerprint density at radius 3 is 2.16 bits per heavy atom. The van der Waals surface area contributed by atoms with Crippen molar-refractivity contribution in [2.24, 2.45) is 0 Å². The van der Waals surface area contributed by atoms with Gasteiger partial charge in [-0.3, -0.25) is 0 Å². The van der Waals surface area contributed by atoms with E-state index in [1.165, 1.54) is 25.8 Å². The van der Waals surface area contributed by atoms with Gasteiger partial charge in [-0.05, 0) is 70.2 Å². The molecule has 0 aromatic heterocycles. The topological polar surface area (TPSA) is 20.2 Å². The van der Waals surface area contributed by atoms with Crippen molar-refractivity contribution >= 4 is 22.6 Å². The molecule has 0 spiro atoms. The van der Waals surface area contributed by atoms with Crippen LogP contribution in [0.15, 0.2) is 42.5 Å². The summed E-state index contributed by atoms with van der Waals surface area (Å²) in [5.74, 6) is 0. The fourth-order valence-electron chi connectivity index (χ4n) is 2.15. The fourth-order valence-corrected chi connectivity index (χ4v) is 3.00. The molecule has 19 heavy (non-hydrogen) atoms. The van der Waals surface area contributed by atoms with Crippen LogP contribution in [0.5, 0.6) is 0 Å². The second-order valence-corrected chi connectivity index (χ2v) is 5.91. The molecule has 0 amide bonds. The maximum atomic E-state index is 8.99. The molecule has 1 N–H and O–H groups in total. The largest absolute Gasteiger partial charge is 0.396 e. The molecule has 2 heteroatoms. The van der Waals surface area contributed by atoms with Crippen LogP contribution in [0.3, 0.4) is 0 Å². The number of aliphatic hydroxyl groups is 1. The maximum Gasteiger partial charge on any atom is 0.0471 e. The first-order chi connectivity index (χ1) is 9.22. The van der Waals surface area contributed by atoms with E-state index in [4.69, 9.17) is 5.11 Å². The first kappa shape index (κ1) is 14.5. The van der Waals surface area contributed by atoms with Crippen LogP contribution in [-0.2, 0) is 19.3 Å². The van der Waals surface area contributed by atoms with Gasteiger partial charge in [0.1, 0.15) is 0 Å². The number of hydrogen-bond donors (Lipinski definition) is 1. The number of aryl methyl sites for hydroxylation is 1. The van der Waals surface area contributed by atoms with Crippen molar-refractivity contribution in [3.05, 3.63) is 68.3 Å². The van der Waals surface area contributed by atoms with Crippen LogP contribution in [0.1, 0.15) is 29.2 Å². The SMILES string of the molecule is CCc1ccc(Cc2ccc(CCO)c(I)c2)cc1. The Morgan fingerprint density at radius 2 is 1.58 bits per heavy atom. The molecule has 0 unspecified atom stereocenters. The molecule has 0 radical (unpaired) electrons. The average Bonchev–Trinajstić information content (AvgIpc) is 2.43. The van der Waals surface area contributed by atoms with Gasteiger partial charge in [0.05, 0.1) is 0 Å². The van der Waals surface area contributed by atoms with Crippen LogP contribution in [0, 0.1) is 3.57 Å². The highest BCUT2D eigenvalue weighted by molar-refractivity contribution is 14.1. The molecule has 0 aliphatic heterocycles. The summed E-state index contributed by atoms with van der Waals surface area (Å²) in [6.07, 6.45) is 2.80. The molecule has 0 bridgehead atoms. The van der Waals surface area contributed by atoms with Gasteiger partial charge in [0, 0.05) is 10.2 Å². The smallest absolute Gasteiger partial charge is 0.0471 e. The molecular formula is C17H19IO. The number of halogens is 1. The quantitative estimate of drug-likeness (QED) is 0.794. The summed E-state index contributed by atoms with van der Waals surface area (Å²) in [5, 5.41) is 8.99. The van der Waals surface area contributed by atoms with E-state index >= 15 is 0 Å². The van der Waals surface area contributed by atoms with Gasteiger partial charge in [0.25, 0.3) is 0 Å². The first-order valence-corrected chi connectivity index (χ1v) is 7.76.